The van der Waals surface area contributed by atoms with Crippen molar-refractivity contribution in [2.75, 3.05) is 5.73 Å². The van der Waals surface area contributed by atoms with E-state index in [0.717, 1.165) is 32.4 Å². The highest BCUT2D eigenvalue weighted by Crippen LogP contribution is 2.36. The van der Waals surface area contributed by atoms with Gasteiger partial charge in [0.25, 0.3) is 0 Å². The second-order valence-electron chi connectivity index (χ2n) is 5.57. The molecule has 4 heteroatoms. The predicted molar refractivity (Wildman–Crippen MR) is 108 cm³/mol. The largest absolute Gasteiger partial charge is 0.398 e. The van der Waals surface area contributed by atoms with Crippen LogP contribution in [0.4, 0.5) is 5.69 Å². The van der Waals surface area contributed by atoms with Gasteiger partial charge in [0, 0.05) is 32.0 Å². The molecule has 4 rings (SSSR count). The van der Waals surface area contributed by atoms with E-state index in [-0.39, 0.29) is 0 Å². The lowest BCUT2D eigenvalue weighted by atomic mass is 10.2. The Kier molecular flexibility index (Phi) is 4.55. The Balaban J connectivity index is 1.60. The number of hydrogen-bond acceptors (Lipinski definition) is 4. The van der Waals surface area contributed by atoms with E-state index in [2.05, 4.69) is 41.8 Å². The van der Waals surface area contributed by atoms with Gasteiger partial charge in [0.1, 0.15) is 5.01 Å². The predicted octanol–water partition coefficient (Wildman–Crippen LogP) is 6.21. The number of thiazole rings is 1. The normalized spacial score (nSPS) is 10.7. The average molecular weight is 361 g/mol. The fourth-order valence-electron chi connectivity index (χ4n) is 2.54. The maximum atomic E-state index is 6.28. The molecule has 0 fully saturated rings. The quantitative estimate of drug-likeness (QED) is 0.440. The highest BCUT2D eigenvalue weighted by Gasteiger charge is 2.09. The Labute approximate surface area is 155 Å². The molecule has 0 unspecified atom stereocenters. The van der Waals surface area contributed by atoms with Gasteiger partial charge in [-0.25, -0.2) is 4.98 Å². The molecule has 2 nitrogen and oxygen atoms in total. The maximum Gasteiger partial charge on any atom is 0.124 e. The number of rotatable bonds is 4. The minimum absolute atomic E-state index is 0.780. The minimum Gasteiger partial charge on any atom is -0.398 e. The summed E-state index contributed by atoms with van der Waals surface area (Å²) in [7, 11) is 0. The lowest BCUT2D eigenvalue weighted by molar-refractivity contribution is 1.38. The van der Waals surface area contributed by atoms with Gasteiger partial charge in [0.05, 0.1) is 5.69 Å². The monoisotopic (exact) mass is 360 g/mol. The number of hydrogen-bond donors (Lipinski definition) is 1. The van der Waals surface area contributed by atoms with Crippen LogP contribution >= 0.6 is 23.1 Å². The summed E-state index contributed by atoms with van der Waals surface area (Å²) >= 11 is 3.32. The molecule has 2 N–H and O–H groups in total. The number of nitrogens with zero attached hydrogens (tertiary/aromatic N) is 1. The van der Waals surface area contributed by atoms with Crippen molar-refractivity contribution >= 4 is 28.8 Å². The van der Waals surface area contributed by atoms with Crippen LogP contribution in [0.15, 0.2) is 94.0 Å². The molecule has 0 aliphatic rings. The summed E-state index contributed by atoms with van der Waals surface area (Å²) < 4.78 is 0. The number of benzene rings is 3. The van der Waals surface area contributed by atoms with Crippen LogP contribution in [0.2, 0.25) is 0 Å². The van der Waals surface area contributed by atoms with Gasteiger partial charge in [0.2, 0.25) is 0 Å². The second-order valence-corrected chi connectivity index (χ2v) is 7.55. The number of aromatic nitrogens is 1. The van der Waals surface area contributed by atoms with E-state index in [9.17, 15) is 0 Å². The summed E-state index contributed by atoms with van der Waals surface area (Å²) in [6, 6.07) is 26.7. The molecule has 0 atom stereocenters. The van der Waals surface area contributed by atoms with Crippen LogP contribution < -0.4 is 5.73 Å². The maximum absolute atomic E-state index is 6.28. The molecule has 1 aromatic heterocycles. The van der Waals surface area contributed by atoms with E-state index < -0.39 is 0 Å². The van der Waals surface area contributed by atoms with Gasteiger partial charge in [-0.1, -0.05) is 66.4 Å². The zero-order chi connectivity index (χ0) is 17.1. The summed E-state index contributed by atoms with van der Waals surface area (Å²) in [5.74, 6) is 0. The molecule has 25 heavy (non-hydrogen) atoms. The van der Waals surface area contributed by atoms with E-state index in [4.69, 9.17) is 10.7 Å². The van der Waals surface area contributed by atoms with Gasteiger partial charge >= 0.3 is 0 Å². The molecule has 0 bridgehead atoms. The molecule has 3 aromatic carbocycles. The standard InChI is InChI=1S/C21H16N2S2/c22-18-13-16(11-12-20(18)25-17-9-5-2-6-10-17)21-23-19(14-24-21)15-7-3-1-4-8-15/h1-14H,22H2. The van der Waals surface area contributed by atoms with Crippen molar-refractivity contribution < 1.29 is 0 Å². The number of nitrogen functional groups attached to an aromatic ring is 1. The van der Waals surface area contributed by atoms with Crippen LogP contribution in [-0.2, 0) is 0 Å². The van der Waals surface area contributed by atoms with Crippen LogP contribution in [-0.4, -0.2) is 4.98 Å². The Morgan fingerprint density at radius 3 is 2.24 bits per heavy atom. The molecule has 4 aromatic rings. The Hall–Kier alpha value is -2.56. The van der Waals surface area contributed by atoms with Gasteiger partial charge in [-0.05, 0) is 24.3 Å². The molecular formula is C21H16N2S2. The highest BCUT2D eigenvalue weighted by atomic mass is 32.2. The fraction of sp³-hybridized carbons (Fsp3) is 0. The first-order valence-corrected chi connectivity index (χ1v) is 9.63. The zero-order valence-corrected chi connectivity index (χ0v) is 15.1. The van der Waals surface area contributed by atoms with Gasteiger partial charge < -0.3 is 5.73 Å². The molecule has 0 aliphatic heterocycles. The lowest BCUT2D eigenvalue weighted by Gasteiger charge is -2.07. The van der Waals surface area contributed by atoms with Crippen molar-refractivity contribution in [1.29, 1.82) is 0 Å². The van der Waals surface area contributed by atoms with E-state index in [1.807, 2.05) is 42.5 Å². The van der Waals surface area contributed by atoms with Crippen LogP contribution in [0, 0.1) is 0 Å². The first kappa shape index (κ1) is 15.9. The molecule has 0 aliphatic carbocycles. The van der Waals surface area contributed by atoms with Crippen LogP contribution in [0.25, 0.3) is 21.8 Å². The van der Waals surface area contributed by atoms with Crippen LogP contribution in [0.5, 0.6) is 0 Å². The Morgan fingerprint density at radius 1 is 0.800 bits per heavy atom. The SMILES string of the molecule is Nc1cc(-c2nc(-c3ccccc3)cs2)ccc1Sc1ccccc1. The molecule has 0 saturated heterocycles. The highest BCUT2D eigenvalue weighted by molar-refractivity contribution is 7.99. The summed E-state index contributed by atoms with van der Waals surface area (Å²) in [4.78, 5) is 7.01. The summed E-state index contributed by atoms with van der Waals surface area (Å²) in [6.07, 6.45) is 0. The molecule has 0 amide bonds. The van der Waals surface area contributed by atoms with Crippen molar-refractivity contribution in [3.05, 3.63) is 84.2 Å². The van der Waals surface area contributed by atoms with Crippen molar-refractivity contribution in [1.82, 2.24) is 4.98 Å². The third-order valence-corrected chi connectivity index (χ3v) is 5.79. The molecule has 1 heterocycles. The van der Waals surface area contributed by atoms with Gasteiger partial charge in [-0.15, -0.1) is 11.3 Å². The molecule has 0 radical (unpaired) electrons. The van der Waals surface area contributed by atoms with Gasteiger partial charge in [-0.2, -0.15) is 0 Å². The van der Waals surface area contributed by atoms with E-state index in [0.29, 0.717) is 0 Å². The van der Waals surface area contributed by atoms with E-state index in [1.165, 1.54) is 4.90 Å². The smallest absolute Gasteiger partial charge is 0.124 e. The molecule has 0 saturated carbocycles. The van der Waals surface area contributed by atoms with E-state index in [1.54, 1.807) is 23.1 Å². The van der Waals surface area contributed by atoms with Crippen molar-refractivity contribution in [2.24, 2.45) is 0 Å². The first-order chi connectivity index (χ1) is 12.3. The van der Waals surface area contributed by atoms with Gasteiger partial charge in [0.15, 0.2) is 0 Å². The number of anilines is 1. The zero-order valence-electron chi connectivity index (χ0n) is 13.4. The van der Waals surface area contributed by atoms with Gasteiger partial charge in [-0.3, -0.25) is 0 Å². The topological polar surface area (TPSA) is 38.9 Å². The minimum atomic E-state index is 0.780. The summed E-state index contributed by atoms with van der Waals surface area (Å²) in [5.41, 5.74) is 10.3. The molecule has 122 valence electrons. The van der Waals surface area contributed by atoms with Crippen LogP contribution in [0.3, 0.4) is 0 Å². The Morgan fingerprint density at radius 2 is 1.52 bits per heavy atom. The Bertz CT molecular complexity index is 979. The van der Waals surface area contributed by atoms with E-state index >= 15 is 0 Å². The summed E-state index contributed by atoms with van der Waals surface area (Å²) in [5, 5.41) is 3.08. The van der Waals surface area contributed by atoms with Crippen molar-refractivity contribution in [3.8, 4) is 21.8 Å². The molecular weight excluding hydrogens is 344 g/mol. The lowest BCUT2D eigenvalue weighted by Crippen LogP contribution is -1.89. The summed E-state index contributed by atoms with van der Waals surface area (Å²) in [6.45, 7) is 0. The average Bonchev–Trinajstić information content (AvgIpc) is 3.15. The first-order valence-electron chi connectivity index (χ1n) is 7.93. The fourth-order valence-corrected chi connectivity index (χ4v) is 4.22. The molecule has 0 spiro atoms. The number of nitrogens with two attached hydrogens (primary N) is 1. The van der Waals surface area contributed by atoms with Crippen molar-refractivity contribution in [3.63, 3.8) is 0 Å². The van der Waals surface area contributed by atoms with Crippen LogP contribution in [0.1, 0.15) is 0 Å². The third kappa shape index (κ3) is 3.60. The third-order valence-electron chi connectivity index (χ3n) is 3.80. The van der Waals surface area contributed by atoms with Crippen molar-refractivity contribution in [2.45, 2.75) is 9.79 Å². The second kappa shape index (κ2) is 7.13.